The van der Waals surface area contributed by atoms with Crippen LogP contribution < -0.4 is 9.47 Å². The van der Waals surface area contributed by atoms with E-state index in [0.29, 0.717) is 18.1 Å². The summed E-state index contributed by atoms with van der Waals surface area (Å²) in [6.45, 7) is 0. The van der Waals surface area contributed by atoms with Crippen LogP contribution in [0.4, 0.5) is 0 Å². The van der Waals surface area contributed by atoms with E-state index in [1.54, 1.807) is 31.4 Å². The van der Waals surface area contributed by atoms with E-state index >= 15 is 0 Å². The topological polar surface area (TPSA) is 55.8 Å². The number of aliphatic carboxylic acids is 1. The Hall–Kier alpha value is -1.71. The fourth-order valence-electron chi connectivity index (χ4n) is 2.57. The van der Waals surface area contributed by atoms with Gasteiger partial charge in [-0.1, -0.05) is 25.7 Å². The van der Waals surface area contributed by atoms with Gasteiger partial charge in [0, 0.05) is 0 Å². The Kier molecular flexibility index (Phi) is 4.66. The van der Waals surface area contributed by atoms with Crippen LogP contribution in [0.15, 0.2) is 24.3 Å². The Bertz CT molecular complexity index is 407. The van der Waals surface area contributed by atoms with Gasteiger partial charge in [0.2, 0.25) is 0 Å². The van der Waals surface area contributed by atoms with Gasteiger partial charge in [-0.3, -0.25) is 0 Å². The van der Waals surface area contributed by atoms with Gasteiger partial charge in [-0.05, 0) is 36.6 Å². The van der Waals surface area contributed by atoms with Crippen molar-refractivity contribution in [3.63, 3.8) is 0 Å². The molecule has 1 aliphatic rings. The van der Waals surface area contributed by atoms with Crippen LogP contribution in [0.25, 0.3) is 0 Å². The molecule has 0 radical (unpaired) electrons. The lowest BCUT2D eigenvalue weighted by atomic mass is 10.00. The van der Waals surface area contributed by atoms with E-state index in [-0.39, 0.29) is 0 Å². The molecule has 19 heavy (non-hydrogen) atoms. The van der Waals surface area contributed by atoms with E-state index in [2.05, 4.69) is 0 Å². The molecule has 1 saturated carbocycles. The van der Waals surface area contributed by atoms with Crippen LogP contribution in [-0.4, -0.2) is 24.3 Å². The van der Waals surface area contributed by atoms with Gasteiger partial charge in [-0.2, -0.15) is 0 Å². The monoisotopic (exact) mass is 264 g/mol. The molecule has 0 saturated heterocycles. The first kappa shape index (κ1) is 13.7. The maximum atomic E-state index is 11.3. The second-order valence-corrected chi connectivity index (χ2v) is 5.01. The molecule has 0 heterocycles. The van der Waals surface area contributed by atoms with E-state index in [4.69, 9.17) is 9.47 Å². The summed E-state index contributed by atoms with van der Waals surface area (Å²) in [7, 11) is 1.59. The predicted octanol–water partition coefficient (Wildman–Crippen LogP) is 3.11. The van der Waals surface area contributed by atoms with Gasteiger partial charge < -0.3 is 14.6 Å². The molecule has 1 aromatic carbocycles. The van der Waals surface area contributed by atoms with Gasteiger partial charge in [0.25, 0.3) is 0 Å². The summed E-state index contributed by atoms with van der Waals surface area (Å²) in [5.41, 5.74) is 0. The summed E-state index contributed by atoms with van der Waals surface area (Å²) >= 11 is 0. The Morgan fingerprint density at radius 1 is 1.26 bits per heavy atom. The van der Waals surface area contributed by atoms with Gasteiger partial charge >= 0.3 is 5.97 Å². The second kappa shape index (κ2) is 6.45. The molecule has 104 valence electrons. The summed E-state index contributed by atoms with van der Waals surface area (Å²) in [5, 5.41) is 9.25. The van der Waals surface area contributed by atoms with Crippen LogP contribution in [0, 0.1) is 5.92 Å². The number of hydrogen-bond acceptors (Lipinski definition) is 3. The lowest BCUT2D eigenvalue weighted by molar-refractivity contribution is -0.145. The van der Waals surface area contributed by atoms with E-state index in [9.17, 15) is 9.90 Å². The number of methoxy groups -OCH3 is 1. The van der Waals surface area contributed by atoms with Crippen molar-refractivity contribution in [2.75, 3.05) is 7.11 Å². The molecular formula is C15H20O4. The highest BCUT2D eigenvalue weighted by Gasteiger charge is 2.26. The lowest BCUT2D eigenvalue weighted by Gasteiger charge is -2.18. The minimum absolute atomic E-state index is 0.486. The summed E-state index contributed by atoms with van der Waals surface area (Å²) in [4.78, 5) is 11.3. The van der Waals surface area contributed by atoms with Crippen molar-refractivity contribution in [2.24, 2.45) is 5.92 Å². The normalized spacial score (nSPS) is 17.1. The number of hydrogen-bond donors (Lipinski definition) is 1. The number of carbonyl (C=O) groups is 1. The number of benzene rings is 1. The third-order valence-electron chi connectivity index (χ3n) is 3.64. The van der Waals surface area contributed by atoms with Crippen LogP contribution >= 0.6 is 0 Å². The van der Waals surface area contributed by atoms with Crippen LogP contribution in [0.2, 0.25) is 0 Å². The SMILES string of the molecule is COc1ccc(OC(CC2CCCC2)C(=O)O)cc1. The first-order chi connectivity index (χ1) is 9.19. The molecule has 0 spiro atoms. The van der Waals surface area contributed by atoms with E-state index < -0.39 is 12.1 Å². The Morgan fingerprint density at radius 2 is 1.84 bits per heavy atom. The second-order valence-electron chi connectivity index (χ2n) is 5.01. The van der Waals surface area contributed by atoms with Crippen molar-refractivity contribution in [3.8, 4) is 11.5 Å². The van der Waals surface area contributed by atoms with Crippen molar-refractivity contribution in [2.45, 2.75) is 38.2 Å². The molecule has 0 bridgehead atoms. The number of rotatable bonds is 6. The molecule has 0 amide bonds. The summed E-state index contributed by atoms with van der Waals surface area (Å²) in [6, 6.07) is 7.01. The molecule has 1 unspecified atom stereocenters. The summed E-state index contributed by atoms with van der Waals surface area (Å²) < 4.78 is 10.6. The highest BCUT2D eigenvalue weighted by molar-refractivity contribution is 5.72. The first-order valence-corrected chi connectivity index (χ1v) is 6.72. The minimum Gasteiger partial charge on any atom is -0.497 e. The molecule has 1 aromatic rings. The molecule has 0 aromatic heterocycles. The van der Waals surface area contributed by atoms with Gasteiger partial charge in [0.05, 0.1) is 7.11 Å². The zero-order valence-electron chi connectivity index (χ0n) is 11.2. The Balaban J connectivity index is 1.96. The first-order valence-electron chi connectivity index (χ1n) is 6.72. The van der Waals surface area contributed by atoms with Crippen molar-refractivity contribution in [1.82, 2.24) is 0 Å². The fraction of sp³-hybridized carbons (Fsp3) is 0.533. The molecular weight excluding hydrogens is 244 g/mol. The van der Waals surface area contributed by atoms with Crippen LogP contribution in [0.3, 0.4) is 0 Å². The van der Waals surface area contributed by atoms with Gasteiger partial charge in [-0.15, -0.1) is 0 Å². The van der Waals surface area contributed by atoms with Crippen molar-refractivity contribution in [1.29, 1.82) is 0 Å². The number of carboxylic acids is 1. The Morgan fingerprint density at radius 3 is 2.37 bits per heavy atom. The standard InChI is InChI=1S/C15H20O4/c1-18-12-6-8-13(9-7-12)19-14(15(16)17)10-11-4-2-3-5-11/h6-9,11,14H,2-5,10H2,1H3,(H,16,17). The maximum absolute atomic E-state index is 11.3. The van der Waals surface area contributed by atoms with Gasteiger partial charge in [0.1, 0.15) is 11.5 Å². The molecule has 2 rings (SSSR count). The van der Waals surface area contributed by atoms with E-state index in [1.807, 2.05) is 0 Å². The maximum Gasteiger partial charge on any atom is 0.344 e. The van der Waals surface area contributed by atoms with Gasteiger partial charge in [-0.25, -0.2) is 4.79 Å². The van der Waals surface area contributed by atoms with Crippen LogP contribution in [0.5, 0.6) is 11.5 Å². The van der Waals surface area contributed by atoms with Crippen LogP contribution in [-0.2, 0) is 4.79 Å². The average molecular weight is 264 g/mol. The largest absolute Gasteiger partial charge is 0.497 e. The number of carboxylic acid groups (broad SMARTS) is 1. The van der Waals surface area contributed by atoms with Crippen molar-refractivity contribution < 1.29 is 19.4 Å². The Labute approximate surface area is 113 Å². The zero-order valence-corrected chi connectivity index (χ0v) is 11.2. The molecule has 1 fully saturated rings. The van der Waals surface area contributed by atoms with Gasteiger partial charge in [0.15, 0.2) is 6.10 Å². The lowest BCUT2D eigenvalue weighted by Crippen LogP contribution is -2.29. The third kappa shape index (κ3) is 3.88. The third-order valence-corrected chi connectivity index (χ3v) is 3.64. The highest BCUT2D eigenvalue weighted by atomic mass is 16.5. The minimum atomic E-state index is -0.886. The zero-order chi connectivity index (χ0) is 13.7. The van der Waals surface area contributed by atoms with Crippen LogP contribution in [0.1, 0.15) is 32.1 Å². The smallest absolute Gasteiger partial charge is 0.344 e. The molecule has 1 N–H and O–H groups in total. The summed E-state index contributed by atoms with van der Waals surface area (Å²) in [6.07, 6.45) is 4.50. The fourth-order valence-corrected chi connectivity index (χ4v) is 2.57. The van der Waals surface area contributed by atoms with E-state index in [1.165, 1.54) is 12.8 Å². The predicted molar refractivity (Wildman–Crippen MR) is 71.6 cm³/mol. The highest BCUT2D eigenvalue weighted by Crippen LogP contribution is 2.30. The summed E-state index contributed by atoms with van der Waals surface area (Å²) in [5.74, 6) is 0.906. The molecule has 1 aliphatic carbocycles. The van der Waals surface area contributed by atoms with Crippen molar-refractivity contribution in [3.05, 3.63) is 24.3 Å². The molecule has 4 nitrogen and oxygen atoms in total. The molecule has 0 aliphatic heterocycles. The molecule has 4 heteroatoms. The molecule has 1 atom stereocenters. The van der Waals surface area contributed by atoms with Crippen molar-refractivity contribution >= 4 is 5.97 Å². The quantitative estimate of drug-likeness (QED) is 0.857. The van der Waals surface area contributed by atoms with E-state index in [0.717, 1.165) is 18.6 Å². The number of ether oxygens (including phenoxy) is 2. The average Bonchev–Trinajstić information content (AvgIpc) is 2.91.